The molecule has 2 heterocycles. The average molecular weight is 606 g/mol. The Balaban J connectivity index is 1.58. The maximum Gasteiger partial charge on any atom is 0.311 e. The lowest BCUT2D eigenvalue weighted by Crippen LogP contribution is -2.68. The first-order valence-corrected chi connectivity index (χ1v) is 14.7. The molecule has 0 radical (unpaired) electrons. The Morgan fingerprint density at radius 1 is 1.09 bits per heavy atom. The molecule has 0 bridgehead atoms. The molecule has 224 valence electrons. The van der Waals surface area contributed by atoms with Crippen LogP contribution in [0, 0.1) is 5.82 Å². The number of carbonyl (C=O) groups is 2. The van der Waals surface area contributed by atoms with Gasteiger partial charge in [-0.15, -0.1) is 0 Å². The number of rotatable bonds is 11. The number of primary amides is 1. The summed E-state index contributed by atoms with van der Waals surface area (Å²) < 4.78 is 20.7. The summed E-state index contributed by atoms with van der Waals surface area (Å²) in [4.78, 5) is 35.9. The molecule has 1 unspecified atom stereocenters. The summed E-state index contributed by atoms with van der Waals surface area (Å²) in [7, 11) is 1.55. The molecule has 2 aromatic carbocycles. The maximum absolute atomic E-state index is 13.8. The molecule has 5 rings (SSSR count). The number of hydrogen-bond donors (Lipinski definition) is 1. The highest BCUT2D eigenvalue weighted by Gasteiger charge is 2.51. The number of halogens is 2. The fourth-order valence-corrected chi connectivity index (χ4v) is 6.58. The van der Waals surface area contributed by atoms with Crippen molar-refractivity contribution in [3.05, 3.63) is 83.4 Å². The predicted octanol–water partition coefficient (Wildman–Crippen LogP) is 5.21. The Hall–Kier alpha value is -4.15. The molecule has 11 heteroatoms. The molecule has 1 saturated carbocycles. The molecule has 2 aromatic heterocycles. The van der Waals surface area contributed by atoms with E-state index in [0.29, 0.717) is 22.4 Å². The van der Waals surface area contributed by atoms with Gasteiger partial charge in [-0.3, -0.25) is 9.78 Å². The number of hydrogen-bond acceptors (Lipinski definition) is 6. The first-order chi connectivity index (χ1) is 20.7. The summed E-state index contributed by atoms with van der Waals surface area (Å²) in [6.07, 6.45) is 7.08. The van der Waals surface area contributed by atoms with Crippen molar-refractivity contribution in [2.24, 2.45) is 5.73 Å². The van der Waals surface area contributed by atoms with Crippen LogP contribution in [0.2, 0.25) is 5.02 Å². The van der Waals surface area contributed by atoms with Gasteiger partial charge in [0, 0.05) is 29.9 Å². The van der Waals surface area contributed by atoms with Crippen molar-refractivity contribution in [1.29, 1.82) is 0 Å². The van der Waals surface area contributed by atoms with Crippen LogP contribution in [-0.4, -0.2) is 61.8 Å². The van der Waals surface area contributed by atoms with Gasteiger partial charge in [-0.05, 0) is 73.7 Å². The van der Waals surface area contributed by atoms with E-state index in [1.165, 1.54) is 19.1 Å². The van der Waals surface area contributed by atoms with Gasteiger partial charge in [-0.2, -0.15) is 5.10 Å². The number of pyridine rings is 1. The first-order valence-electron chi connectivity index (χ1n) is 14.3. The summed E-state index contributed by atoms with van der Waals surface area (Å²) in [6.45, 7) is 2.08. The van der Waals surface area contributed by atoms with Crippen LogP contribution in [0.4, 0.5) is 4.39 Å². The van der Waals surface area contributed by atoms with Gasteiger partial charge in [0.15, 0.2) is 17.7 Å². The predicted molar refractivity (Wildman–Crippen MR) is 161 cm³/mol. The van der Waals surface area contributed by atoms with Crippen molar-refractivity contribution in [1.82, 2.24) is 19.7 Å². The lowest BCUT2D eigenvalue weighted by molar-refractivity contribution is -0.894. The van der Waals surface area contributed by atoms with E-state index in [1.54, 1.807) is 48.5 Å². The smallest absolute Gasteiger partial charge is 0.311 e. The second kappa shape index (κ2) is 13.0. The minimum absolute atomic E-state index is 0.0856. The van der Waals surface area contributed by atoms with Gasteiger partial charge in [0.1, 0.15) is 18.1 Å². The van der Waals surface area contributed by atoms with Crippen molar-refractivity contribution < 1.29 is 23.2 Å². The number of aromatic nitrogens is 4. The zero-order chi connectivity index (χ0) is 30.6. The first kappa shape index (κ1) is 30.3. The van der Waals surface area contributed by atoms with Crippen molar-refractivity contribution in [3.63, 3.8) is 0 Å². The van der Waals surface area contributed by atoms with Crippen molar-refractivity contribution in [2.45, 2.75) is 57.7 Å². The molecule has 9 nitrogen and oxygen atoms in total. The molecular weight excluding hydrogens is 571 g/mol. The molecule has 0 saturated heterocycles. The maximum atomic E-state index is 13.8. The second-order valence-electron chi connectivity index (χ2n) is 10.9. The highest BCUT2D eigenvalue weighted by molar-refractivity contribution is 6.32. The highest BCUT2D eigenvalue weighted by atomic mass is 35.5. The average Bonchev–Trinajstić information content (AvgIpc) is 3.69. The number of nitrogens with two attached hydrogens (primary N) is 1. The second-order valence-corrected chi connectivity index (χ2v) is 11.3. The van der Waals surface area contributed by atoms with Gasteiger partial charge in [-0.25, -0.2) is 23.3 Å². The number of benzene rings is 2. The molecule has 1 aliphatic carbocycles. The van der Waals surface area contributed by atoms with Crippen LogP contribution in [0.15, 0.2) is 67.0 Å². The summed E-state index contributed by atoms with van der Waals surface area (Å²) in [5, 5.41) is 5.26. The van der Waals surface area contributed by atoms with E-state index >= 15 is 0 Å². The summed E-state index contributed by atoms with van der Waals surface area (Å²) in [5.74, 6) is 0.503. The van der Waals surface area contributed by atoms with Gasteiger partial charge in [-0.1, -0.05) is 23.7 Å². The van der Waals surface area contributed by atoms with Crippen LogP contribution in [-0.2, 0) is 22.6 Å². The third kappa shape index (κ3) is 6.30. The Bertz CT molecular complexity index is 1590. The molecule has 4 aromatic rings. The van der Waals surface area contributed by atoms with E-state index in [4.69, 9.17) is 32.2 Å². The van der Waals surface area contributed by atoms with Crippen LogP contribution >= 0.6 is 11.6 Å². The zero-order valence-corrected chi connectivity index (χ0v) is 25.0. The molecule has 2 amide bonds. The Morgan fingerprint density at radius 2 is 1.79 bits per heavy atom. The fraction of sp³-hybridized carbons (Fsp3) is 0.344. The van der Waals surface area contributed by atoms with Crippen molar-refractivity contribution >= 4 is 23.4 Å². The topological polar surface area (TPSA) is 113 Å². The van der Waals surface area contributed by atoms with Crippen molar-refractivity contribution in [3.8, 4) is 28.5 Å². The molecular formula is C32H35ClFN6O3+. The number of methoxy groups -OCH3 is 1. The monoisotopic (exact) mass is 605 g/mol. The largest absolute Gasteiger partial charge is 0.495 e. The van der Waals surface area contributed by atoms with E-state index in [2.05, 4.69) is 4.98 Å². The van der Waals surface area contributed by atoms with Crippen LogP contribution in [0.1, 0.15) is 38.2 Å². The van der Waals surface area contributed by atoms with Crippen LogP contribution in [0.5, 0.6) is 5.75 Å². The molecule has 43 heavy (non-hydrogen) atoms. The summed E-state index contributed by atoms with van der Waals surface area (Å²) >= 11 is 6.48. The Morgan fingerprint density at radius 3 is 2.40 bits per heavy atom. The Kier molecular flexibility index (Phi) is 9.17. The van der Waals surface area contributed by atoms with E-state index in [0.717, 1.165) is 42.4 Å². The number of ether oxygens (including phenoxy) is 1. The number of carbonyl (C=O) groups excluding carboxylic acids is 2. The van der Waals surface area contributed by atoms with E-state index in [9.17, 15) is 14.0 Å². The molecule has 0 spiro atoms. The van der Waals surface area contributed by atoms with Gasteiger partial charge in [0.2, 0.25) is 0 Å². The number of amides is 2. The molecule has 2 atom stereocenters. The molecule has 2 N–H and O–H groups in total. The summed E-state index contributed by atoms with van der Waals surface area (Å²) in [5.41, 5.74) is 8.31. The minimum atomic E-state index is -0.840. The lowest BCUT2D eigenvalue weighted by atomic mass is 9.96. The fourth-order valence-electron chi connectivity index (χ4n) is 6.33. The van der Waals surface area contributed by atoms with Gasteiger partial charge < -0.3 is 10.5 Å². The highest BCUT2D eigenvalue weighted by Crippen LogP contribution is 2.35. The SMILES string of the molecule is COc1ccc(-c2nc(-c3ccncc3)nn2CC[N+](C(C)=O)(C2CCCC2)[C@@H](Cc2ccc(F)cc2)C(N)=O)cc1Cl. The Labute approximate surface area is 255 Å². The van der Waals surface area contributed by atoms with Crippen LogP contribution < -0.4 is 10.5 Å². The van der Waals surface area contributed by atoms with E-state index in [-0.39, 0.29) is 41.8 Å². The number of quaternary nitrogens is 1. The lowest BCUT2D eigenvalue weighted by Gasteiger charge is -2.45. The minimum Gasteiger partial charge on any atom is -0.495 e. The zero-order valence-electron chi connectivity index (χ0n) is 24.2. The van der Waals surface area contributed by atoms with E-state index in [1.807, 2.05) is 18.2 Å². The van der Waals surface area contributed by atoms with Gasteiger partial charge in [0.05, 0.1) is 31.6 Å². The quantitative estimate of drug-likeness (QED) is 0.235. The normalized spacial score (nSPS) is 15.6. The van der Waals surface area contributed by atoms with Gasteiger partial charge >= 0.3 is 5.91 Å². The summed E-state index contributed by atoms with van der Waals surface area (Å²) in [6, 6.07) is 14.1. The van der Waals surface area contributed by atoms with E-state index < -0.39 is 11.9 Å². The molecule has 0 aliphatic heterocycles. The third-order valence-corrected chi connectivity index (χ3v) is 8.79. The van der Waals surface area contributed by atoms with Crippen LogP contribution in [0.3, 0.4) is 0 Å². The third-order valence-electron chi connectivity index (χ3n) is 8.49. The standard InChI is InChI=1S/C32H34ClFN6O3/c1-21(41)40(26-5-3-4-6-26,28(30(35)42)19-22-7-10-25(34)11-8-22)18-17-39-32(24-9-12-29(43-2)27(33)20-24)37-31(38-39)23-13-15-36-16-14-23/h7-16,20,26,28H,3-6,17-19H2,1-2H3,(H-,35,42)/p+1/t28-,40?/m0/s1. The van der Waals surface area contributed by atoms with Crippen LogP contribution in [0.25, 0.3) is 22.8 Å². The molecule has 1 fully saturated rings. The van der Waals surface area contributed by atoms with Gasteiger partial charge in [0.25, 0.3) is 5.91 Å². The number of nitrogens with zero attached hydrogens (tertiary/aromatic N) is 5. The van der Waals surface area contributed by atoms with Crippen molar-refractivity contribution in [2.75, 3.05) is 13.7 Å². The molecule has 1 aliphatic rings.